The molecule has 0 spiro atoms. The Morgan fingerprint density at radius 1 is 1.48 bits per heavy atom. The van der Waals surface area contributed by atoms with E-state index in [2.05, 4.69) is 15.9 Å². The van der Waals surface area contributed by atoms with Gasteiger partial charge < -0.3 is 9.67 Å². The average molecular weight is 324 g/mol. The summed E-state index contributed by atoms with van der Waals surface area (Å²) in [5.74, 6) is 1.15. The third-order valence-corrected chi connectivity index (χ3v) is 4.91. The molecule has 6 heteroatoms. The van der Waals surface area contributed by atoms with Gasteiger partial charge in [-0.05, 0) is 38.0 Å². The van der Waals surface area contributed by atoms with E-state index in [0.717, 1.165) is 35.0 Å². The summed E-state index contributed by atoms with van der Waals surface area (Å²) in [5.41, 5.74) is 1.98. The van der Waals surface area contributed by atoms with Crippen LogP contribution in [0.3, 0.4) is 0 Å². The van der Waals surface area contributed by atoms with Crippen LogP contribution in [0.1, 0.15) is 42.8 Å². The highest BCUT2D eigenvalue weighted by Crippen LogP contribution is 2.46. The summed E-state index contributed by atoms with van der Waals surface area (Å²) in [6, 6.07) is 7.28. The molecule has 1 N–H and O–H groups in total. The molecule has 0 saturated heterocycles. The lowest BCUT2D eigenvalue weighted by Gasteiger charge is -2.10. The standard InChI is InChI=1S/C17H16N4OS/c1-3-21-15(10-22)20-16(12-4-5-12)17(21)23-14-7-11(9-18)6-13(8-14)19-2/h6-8,12,22H,3-5,10H2,1H3. The summed E-state index contributed by atoms with van der Waals surface area (Å²) in [5, 5.41) is 19.7. The third kappa shape index (κ3) is 3.10. The highest BCUT2D eigenvalue weighted by molar-refractivity contribution is 7.99. The van der Waals surface area contributed by atoms with Crippen molar-refractivity contribution < 1.29 is 5.11 Å². The van der Waals surface area contributed by atoms with E-state index >= 15 is 0 Å². The lowest BCUT2D eigenvalue weighted by molar-refractivity contribution is 0.264. The Balaban J connectivity index is 2.04. The topological polar surface area (TPSA) is 66.2 Å². The molecule has 1 aliphatic carbocycles. The van der Waals surface area contributed by atoms with Gasteiger partial charge in [0.1, 0.15) is 17.5 Å². The van der Waals surface area contributed by atoms with Gasteiger partial charge in [0.2, 0.25) is 0 Å². The molecule has 23 heavy (non-hydrogen) atoms. The number of aliphatic hydroxyl groups is 1. The monoisotopic (exact) mass is 324 g/mol. The molecule has 2 aromatic rings. The van der Waals surface area contributed by atoms with Crippen molar-refractivity contribution in [1.29, 1.82) is 5.26 Å². The first-order valence-electron chi connectivity index (χ1n) is 7.50. The van der Waals surface area contributed by atoms with Gasteiger partial charge in [0.05, 0.1) is 18.3 Å². The molecule has 3 rings (SSSR count). The molecular weight excluding hydrogens is 308 g/mol. The van der Waals surface area contributed by atoms with E-state index in [1.165, 1.54) is 11.8 Å². The SMILES string of the molecule is [C-]#[N+]c1cc(C#N)cc(Sc2c(C3CC3)nc(CO)n2CC)c1. The van der Waals surface area contributed by atoms with Gasteiger partial charge in [-0.1, -0.05) is 11.8 Å². The minimum atomic E-state index is -0.0837. The van der Waals surface area contributed by atoms with E-state index in [4.69, 9.17) is 11.8 Å². The molecule has 1 aromatic carbocycles. The van der Waals surface area contributed by atoms with Gasteiger partial charge in [0, 0.05) is 22.9 Å². The Kier molecular flexibility index (Phi) is 4.38. The van der Waals surface area contributed by atoms with E-state index in [0.29, 0.717) is 23.0 Å². The minimum absolute atomic E-state index is 0.0837. The van der Waals surface area contributed by atoms with Crippen LogP contribution in [0.2, 0.25) is 0 Å². The smallest absolute Gasteiger partial charge is 0.189 e. The fraction of sp³-hybridized carbons (Fsp3) is 0.353. The van der Waals surface area contributed by atoms with Gasteiger partial charge in [0.25, 0.3) is 0 Å². The molecule has 1 saturated carbocycles. The van der Waals surface area contributed by atoms with Crippen molar-refractivity contribution in [3.8, 4) is 6.07 Å². The summed E-state index contributed by atoms with van der Waals surface area (Å²) in [6.07, 6.45) is 2.26. The van der Waals surface area contributed by atoms with Crippen LogP contribution in [0.15, 0.2) is 28.1 Å². The maximum Gasteiger partial charge on any atom is 0.189 e. The Bertz CT molecular complexity index is 792. The highest BCUT2D eigenvalue weighted by atomic mass is 32.2. The number of aromatic nitrogens is 2. The number of benzene rings is 1. The van der Waals surface area contributed by atoms with Gasteiger partial charge >= 0.3 is 0 Å². The van der Waals surface area contributed by atoms with Crippen molar-refractivity contribution in [3.63, 3.8) is 0 Å². The zero-order valence-electron chi connectivity index (χ0n) is 12.8. The van der Waals surface area contributed by atoms with Gasteiger partial charge in [-0.15, -0.1) is 0 Å². The summed E-state index contributed by atoms with van der Waals surface area (Å²) in [4.78, 5) is 8.91. The number of hydrogen-bond donors (Lipinski definition) is 1. The molecule has 0 unspecified atom stereocenters. The maximum atomic E-state index is 9.54. The molecular formula is C17H16N4OS. The molecule has 1 aromatic heterocycles. The van der Waals surface area contributed by atoms with Gasteiger partial charge in [-0.3, -0.25) is 0 Å². The molecule has 0 bridgehead atoms. The molecule has 0 amide bonds. The normalized spacial score (nSPS) is 13.6. The van der Waals surface area contributed by atoms with Crippen LogP contribution in [0.25, 0.3) is 4.85 Å². The summed E-state index contributed by atoms with van der Waals surface area (Å²) in [6.45, 7) is 9.85. The molecule has 1 aliphatic rings. The quantitative estimate of drug-likeness (QED) is 0.849. The van der Waals surface area contributed by atoms with E-state index in [1.807, 2.05) is 11.5 Å². The molecule has 1 heterocycles. The first-order chi connectivity index (χ1) is 11.2. The predicted molar refractivity (Wildman–Crippen MR) is 87.3 cm³/mol. The van der Waals surface area contributed by atoms with Crippen LogP contribution in [-0.4, -0.2) is 14.7 Å². The number of aliphatic hydroxyl groups excluding tert-OH is 1. The summed E-state index contributed by atoms with van der Waals surface area (Å²) < 4.78 is 2.02. The Labute approximate surface area is 139 Å². The molecule has 5 nitrogen and oxygen atoms in total. The van der Waals surface area contributed by atoms with Gasteiger partial charge in [-0.25, -0.2) is 9.83 Å². The Morgan fingerprint density at radius 2 is 2.26 bits per heavy atom. The largest absolute Gasteiger partial charge is 0.388 e. The van der Waals surface area contributed by atoms with Crippen molar-refractivity contribution in [2.45, 2.75) is 48.8 Å². The summed E-state index contributed by atoms with van der Waals surface area (Å²) in [7, 11) is 0. The van der Waals surface area contributed by atoms with Crippen LogP contribution in [0.4, 0.5) is 5.69 Å². The van der Waals surface area contributed by atoms with Crippen LogP contribution >= 0.6 is 11.8 Å². The lowest BCUT2D eigenvalue weighted by atomic mass is 10.2. The molecule has 116 valence electrons. The second-order valence-corrected chi connectivity index (χ2v) is 6.50. The van der Waals surface area contributed by atoms with E-state index in [-0.39, 0.29) is 6.61 Å². The van der Waals surface area contributed by atoms with Crippen LogP contribution in [-0.2, 0) is 13.2 Å². The number of rotatable bonds is 5. The van der Waals surface area contributed by atoms with Crippen molar-refractivity contribution in [1.82, 2.24) is 9.55 Å². The van der Waals surface area contributed by atoms with Gasteiger partial charge in [-0.2, -0.15) is 5.26 Å². The van der Waals surface area contributed by atoms with Crippen molar-refractivity contribution in [2.24, 2.45) is 0 Å². The number of imidazole rings is 1. The maximum absolute atomic E-state index is 9.54. The fourth-order valence-corrected chi connectivity index (χ4v) is 3.81. The second kappa shape index (κ2) is 6.45. The number of hydrogen-bond acceptors (Lipinski definition) is 4. The highest BCUT2D eigenvalue weighted by Gasteiger charge is 2.31. The molecule has 0 atom stereocenters. The van der Waals surface area contributed by atoms with Crippen LogP contribution in [0.5, 0.6) is 0 Å². The first-order valence-corrected chi connectivity index (χ1v) is 8.32. The average Bonchev–Trinajstić information content (AvgIpc) is 3.36. The van der Waals surface area contributed by atoms with Gasteiger partial charge in [0.15, 0.2) is 5.69 Å². The van der Waals surface area contributed by atoms with Crippen molar-refractivity contribution >= 4 is 17.4 Å². The first kappa shape index (κ1) is 15.6. The zero-order chi connectivity index (χ0) is 16.4. The molecule has 0 aliphatic heterocycles. The zero-order valence-corrected chi connectivity index (χ0v) is 13.6. The summed E-state index contributed by atoms with van der Waals surface area (Å²) >= 11 is 1.52. The fourth-order valence-electron chi connectivity index (χ4n) is 2.56. The molecule has 1 fully saturated rings. The predicted octanol–water partition coefficient (Wildman–Crippen LogP) is 3.85. The third-order valence-electron chi connectivity index (χ3n) is 3.81. The van der Waals surface area contributed by atoms with Crippen LogP contribution in [0, 0.1) is 17.9 Å². The number of nitrogens with zero attached hydrogens (tertiary/aromatic N) is 4. The molecule has 0 radical (unpaired) electrons. The lowest BCUT2D eigenvalue weighted by Crippen LogP contribution is -2.02. The number of nitriles is 1. The van der Waals surface area contributed by atoms with Crippen molar-refractivity contribution in [3.05, 3.63) is 46.7 Å². The van der Waals surface area contributed by atoms with E-state index in [9.17, 15) is 5.11 Å². The van der Waals surface area contributed by atoms with Crippen LogP contribution < -0.4 is 0 Å². The second-order valence-electron chi connectivity index (χ2n) is 5.44. The van der Waals surface area contributed by atoms with E-state index < -0.39 is 0 Å². The van der Waals surface area contributed by atoms with Crippen molar-refractivity contribution in [2.75, 3.05) is 0 Å². The Hall–Kier alpha value is -2.28. The minimum Gasteiger partial charge on any atom is -0.388 e. The van der Waals surface area contributed by atoms with E-state index in [1.54, 1.807) is 18.2 Å². The Morgan fingerprint density at radius 3 is 2.83 bits per heavy atom.